The minimum atomic E-state index is -4.68. The Balaban J connectivity index is 2.14. The number of nitrogens with zero attached hydrogens (tertiary/aromatic N) is 1. The molecule has 31 heavy (non-hydrogen) atoms. The first-order valence-electron chi connectivity index (χ1n) is 8.70. The Kier molecular flexibility index (Phi) is 5.98. The van der Waals surface area contributed by atoms with E-state index in [1.165, 1.54) is 23.8 Å². The molecule has 0 fully saturated rings. The maximum atomic E-state index is 13.2. The Morgan fingerprint density at radius 3 is 2.29 bits per heavy atom. The fourth-order valence-electron chi connectivity index (χ4n) is 2.85. The number of alkyl halides is 3. The zero-order valence-electron chi connectivity index (χ0n) is 16.3. The molecular weight excluding hydrogens is 437 g/mol. The van der Waals surface area contributed by atoms with Gasteiger partial charge in [0.05, 0.1) is 36.7 Å². The number of hydrogen-bond acceptors (Lipinski definition) is 5. The summed E-state index contributed by atoms with van der Waals surface area (Å²) < 4.78 is 79.2. The van der Waals surface area contributed by atoms with Gasteiger partial charge >= 0.3 is 12.1 Å². The predicted octanol–water partition coefficient (Wildman–Crippen LogP) is 4.09. The molecule has 0 unspecified atom stereocenters. The van der Waals surface area contributed by atoms with Crippen molar-refractivity contribution in [3.63, 3.8) is 0 Å². The second-order valence-corrected chi connectivity index (χ2v) is 7.93. The van der Waals surface area contributed by atoms with Crippen LogP contribution in [0.5, 0.6) is 5.75 Å². The van der Waals surface area contributed by atoms with E-state index >= 15 is 0 Å². The molecule has 0 aliphatic carbocycles. The number of carbonyl (C=O) groups excluding carboxylic acids is 1. The first-order valence-corrected chi connectivity index (χ1v) is 10.2. The summed E-state index contributed by atoms with van der Waals surface area (Å²) in [7, 11) is -2.11. The van der Waals surface area contributed by atoms with Crippen LogP contribution in [0.4, 0.5) is 18.9 Å². The van der Waals surface area contributed by atoms with Crippen LogP contribution in [0.1, 0.15) is 15.9 Å². The molecule has 164 valence electrons. The SMILES string of the molecule is COC(=O)c1ccc(OC)c(S(=O)(=O)Nc2cc(C(F)(F)F)ccc2-n2cccc2)c1. The summed E-state index contributed by atoms with van der Waals surface area (Å²) in [5, 5.41) is 0. The second-order valence-electron chi connectivity index (χ2n) is 6.28. The molecular formula is C20H17F3N2O5S. The van der Waals surface area contributed by atoms with Crippen LogP contribution in [-0.2, 0) is 20.9 Å². The van der Waals surface area contributed by atoms with E-state index in [4.69, 9.17) is 4.74 Å². The zero-order chi connectivity index (χ0) is 22.8. The number of hydrogen-bond donors (Lipinski definition) is 1. The Hall–Kier alpha value is -3.47. The number of nitrogens with one attached hydrogen (secondary N) is 1. The van der Waals surface area contributed by atoms with Crippen LogP contribution in [0.3, 0.4) is 0 Å². The van der Waals surface area contributed by atoms with Gasteiger partial charge in [-0.25, -0.2) is 13.2 Å². The topological polar surface area (TPSA) is 86.6 Å². The van der Waals surface area contributed by atoms with Gasteiger partial charge in [-0.15, -0.1) is 0 Å². The van der Waals surface area contributed by atoms with Crippen molar-refractivity contribution in [1.82, 2.24) is 4.57 Å². The van der Waals surface area contributed by atoms with Crippen LogP contribution in [0.25, 0.3) is 5.69 Å². The number of methoxy groups -OCH3 is 2. The van der Waals surface area contributed by atoms with E-state index in [0.29, 0.717) is 6.07 Å². The van der Waals surface area contributed by atoms with E-state index in [1.807, 2.05) is 0 Å². The van der Waals surface area contributed by atoms with Crippen molar-refractivity contribution in [2.75, 3.05) is 18.9 Å². The zero-order valence-corrected chi connectivity index (χ0v) is 17.1. The maximum Gasteiger partial charge on any atom is 0.416 e. The lowest BCUT2D eigenvalue weighted by Crippen LogP contribution is -2.17. The van der Waals surface area contributed by atoms with Gasteiger partial charge in [0.25, 0.3) is 10.0 Å². The van der Waals surface area contributed by atoms with Crippen LogP contribution in [0, 0.1) is 0 Å². The van der Waals surface area contributed by atoms with Crippen molar-refractivity contribution in [3.05, 3.63) is 72.1 Å². The second kappa shape index (κ2) is 8.34. The van der Waals surface area contributed by atoms with Gasteiger partial charge in [0.15, 0.2) is 0 Å². The molecule has 0 bridgehead atoms. The standard InChI is InChI=1S/C20H17F3N2O5S/c1-29-17-8-5-13(19(26)30-2)11-18(17)31(27,28)24-15-12-14(20(21,22)23)6-7-16(15)25-9-3-4-10-25/h3-12,24H,1-2H3. The fourth-order valence-corrected chi connectivity index (χ4v) is 4.11. The lowest BCUT2D eigenvalue weighted by atomic mass is 10.1. The van der Waals surface area contributed by atoms with Crippen LogP contribution >= 0.6 is 0 Å². The first-order chi connectivity index (χ1) is 14.6. The first kappa shape index (κ1) is 22.2. The molecule has 0 radical (unpaired) electrons. The molecule has 0 saturated heterocycles. The van der Waals surface area contributed by atoms with Gasteiger partial charge < -0.3 is 14.0 Å². The lowest BCUT2D eigenvalue weighted by molar-refractivity contribution is -0.137. The van der Waals surface area contributed by atoms with Gasteiger partial charge in [-0.1, -0.05) is 0 Å². The van der Waals surface area contributed by atoms with Gasteiger partial charge in [-0.05, 0) is 48.5 Å². The molecule has 0 amide bonds. The summed E-state index contributed by atoms with van der Waals surface area (Å²) in [4.78, 5) is 11.4. The van der Waals surface area contributed by atoms with Crippen molar-refractivity contribution in [2.24, 2.45) is 0 Å². The smallest absolute Gasteiger partial charge is 0.416 e. The number of anilines is 1. The molecule has 0 aliphatic rings. The predicted molar refractivity (Wildman–Crippen MR) is 106 cm³/mol. The molecule has 0 aliphatic heterocycles. The van der Waals surface area contributed by atoms with E-state index in [-0.39, 0.29) is 22.7 Å². The molecule has 1 heterocycles. The highest BCUT2D eigenvalue weighted by Gasteiger charge is 2.32. The summed E-state index contributed by atoms with van der Waals surface area (Å²) in [5.41, 5.74) is -1.24. The Morgan fingerprint density at radius 1 is 1.03 bits per heavy atom. The molecule has 0 spiro atoms. The maximum absolute atomic E-state index is 13.2. The molecule has 0 atom stereocenters. The number of esters is 1. The highest BCUT2D eigenvalue weighted by Crippen LogP contribution is 2.35. The van der Waals surface area contributed by atoms with Crippen molar-refractivity contribution in [1.29, 1.82) is 0 Å². The number of ether oxygens (including phenoxy) is 2. The van der Waals surface area contributed by atoms with E-state index in [1.54, 1.807) is 24.5 Å². The minimum absolute atomic E-state index is 0.0710. The Labute approximate surface area is 176 Å². The fraction of sp³-hybridized carbons (Fsp3) is 0.150. The molecule has 1 aromatic heterocycles. The summed E-state index contributed by atoms with van der Waals surface area (Å²) in [5.74, 6) is -0.888. The number of halogens is 3. The van der Waals surface area contributed by atoms with Crippen molar-refractivity contribution < 1.29 is 35.9 Å². The van der Waals surface area contributed by atoms with Crippen molar-refractivity contribution >= 4 is 21.7 Å². The molecule has 11 heteroatoms. The number of rotatable bonds is 6. The van der Waals surface area contributed by atoms with Crippen LogP contribution in [0.2, 0.25) is 0 Å². The van der Waals surface area contributed by atoms with Crippen LogP contribution in [-0.4, -0.2) is 33.2 Å². The van der Waals surface area contributed by atoms with Gasteiger partial charge in [0, 0.05) is 12.4 Å². The Morgan fingerprint density at radius 2 is 1.71 bits per heavy atom. The lowest BCUT2D eigenvalue weighted by Gasteiger charge is -2.17. The van der Waals surface area contributed by atoms with Crippen molar-refractivity contribution in [3.8, 4) is 11.4 Å². The average molecular weight is 454 g/mol. The average Bonchev–Trinajstić information content (AvgIpc) is 3.26. The monoisotopic (exact) mass is 454 g/mol. The number of sulfonamides is 1. The minimum Gasteiger partial charge on any atom is -0.495 e. The quantitative estimate of drug-likeness (QED) is 0.567. The van der Waals surface area contributed by atoms with Crippen molar-refractivity contribution in [2.45, 2.75) is 11.1 Å². The number of aromatic nitrogens is 1. The molecule has 0 saturated carbocycles. The van der Waals surface area contributed by atoms with E-state index < -0.39 is 32.6 Å². The third-order valence-corrected chi connectivity index (χ3v) is 5.71. The summed E-state index contributed by atoms with van der Waals surface area (Å²) in [6.45, 7) is 0. The van der Waals surface area contributed by atoms with E-state index in [2.05, 4.69) is 9.46 Å². The van der Waals surface area contributed by atoms with Gasteiger partial charge in [0.1, 0.15) is 10.6 Å². The third kappa shape index (κ3) is 4.66. The molecule has 2 aromatic carbocycles. The van der Waals surface area contributed by atoms with Gasteiger partial charge in [-0.2, -0.15) is 13.2 Å². The molecule has 3 rings (SSSR count). The molecule has 1 N–H and O–H groups in total. The van der Waals surface area contributed by atoms with Gasteiger partial charge in [0.2, 0.25) is 0 Å². The van der Waals surface area contributed by atoms with Crippen LogP contribution < -0.4 is 9.46 Å². The Bertz CT molecular complexity index is 1210. The number of carbonyl (C=O) groups is 1. The van der Waals surface area contributed by atoms with Gasteiger partial charge in [-0.3, -0.25) is 4.72 Å². The molecule has 3 aromatic rings. The summed E-state index contributed by atoms with van der Waals surface area (Å²) in [6, 6.07) is 9.56. The largest absolute Gasteiger partial charge is 0.495 e. The number of benzene rings is 2. The normalized spacial score (nSPS) is 11.8. The molecule has 7 nitrogen and oxygen atoms in total. The summed E-state index contributed by atoms with van der Waals surface area (Å²) >= 11 is 0. The van der Waals surface area contributed by atoms with E-state index in [0.717, 1.165) is 25.3 Å². The highest BCUT2D eigenvalue weighted by atomic mass is 32.2. The third-order valence-electron chi connectivity index (χ3n) is 4.33. The summed E-state index contributed by atoms with van der Waals surface area (Å²) in [6.07, 6.45) is -1.57. The van der Waals surface area contributed by atoms with E-state index in [9.17, 15) is 26.4 Å². The highest BCUT2D eigenvalue weighted by molar-refractivity contribution is 7.92. The van der Waals surface area contributed by atoms with Crippen LogP contribution in [0.15, 0.2) is 65.8 Å².